The smallest absolute Gasteiger partial charge is 0.137 e. The molecular weight excluding hydrogens is 214 g/mol. The first kappa shape index (κ1) is 11.0. The molecule has 0 saturated carbocycles. The second-order valence-electron chi connectivity index (χ2n) is 3.45. The van der Waals surface area contributed by atoms with Gasteiger partial charge in [-0.25, -0.2) is 4.98 Å². The Hall–Kier alpha value is -2.54. The molecule has 0 aliphatic carbocycles. The lowest BCUT2D eigenvalue weighted by atomic mass is 10.2. The van der Waals surface area contributed by atoms with Gasteiger partial charge in [0.05, 0.1) is 11.3 Å². The minimum atomic E-state index is 0.295. The van der Waals surface area contributed by atoms with Crippen molar-refractivity contribution in [2.45, 2.75) is 6.61 Å². The van der Waals surface area contributed by atoms with E-state index in [-0.39, 0.29) is 0 Å². The normalized spacial score (nSPS) is 9.59. The first-order valence-electron chi connectivity index (χ1n) is 5.13. The molecule has 0 bridgehead atoms. The number of anilines is 1. The molecule has 0 atom stereocenters. The number of pyridine rings is 1. The van der Waals surface area contributed by atoms with Gasteiger partial charge in [0.1, 0.15) is 24.2 Å². The van der Waals surface area contributed by atoms with E-state index in [1.54, 1.807) is 24.3 Å². The predicted octanol–water partition coefficient (Wildman–Crippen LogP) is 2.11. The molecule has 4 heteroatoms. The van der Waals surface area contributed by atoms with Crippen LogP contribution in [0.25, 0.3) is 0 Å². The second-order valence-corrected chi connectivity index (χ2v) is 3.45. The number of nitrogen functional groups attached to an aromatic ring is 1. The molecule has 0 radical (unpaired) electrons. The lowest BCUT2D eigenvalue weighted by molar-refractivity contribution is 0.300. The van der Waals surface area contributed by atoms with Crippen molar-refractivity contribution < 1.29 is 4.74 Å². The van der Waals surface area contributed by atoms with Gasteiger partial charge in [0.15, 0.2) is 0 Å². The molecule has 1 aromatic carbocycles. The predicted molar refractivity (Wildman–Crippen MR) is 64.1 cm³/mol. The molecule has 0 aliphatic heterocycles. The third kappa shape index (κ3) is 2.73. The zero-order valence-electron chi connectivity index (χ0n) is 9.13. The topological polar surface area (TPSA) is 71.9 Å². The third-order valence-corrected chi connectivity index (χ3v) is 2.21. The summed E-state index contributed by atoms with van der Waals surface area (Å²) in [6.07, 6.45) is 0. The fourth-order valence-corrected chi connectivity index (χ4v) is 1.42. The van der Waals surface area contributed by atoms with Crippen molar-refractivity contribution in [3.8, 4) is 11.8 Å². The van der Waals surface area contributed by atoms with Crippen molar-refractivity contribution >= 4 is 5.82 Å². The van der Waals surface area contributed by atoms with Crippen molar-refractivity contribution in [1.82, 2.24) is 4.98 Å². The quantitative estimate of drug-likeness (QED) is 0.868. The maximum absolute atomic E-state index is 8.89. The summed E-state index contributed by atoms with van der Waals surface area (Å²) >= 11 is 0. The number of aromatic nitrogens is 1. The van der Waals surface area contributed by atoms with Gasteiger partial charge in [-0.1, -0.05) is 18.2 Å². The van der Waals surface area contributed by atoms with Crippen LogP contribution in [0.3, 0.4) is 0 Å². The van der Waals surface area contributed by atoms with Gasteiger partial charge < -0.3 is 10.5 Å². The van der Waals surface area contributed by atoms with E-state index >= 15 is 0 Å². The molecular formula is C13H11N3O. The zero-order chi connectivity index (χ0) is 12.1. The van der Waals surface area contributed by atoms with E-state index in [0.717, 1.165) is 5.69 Å². The van der Waals surface area contributed by atoms with Crippen LogP contribution in [0.1, 0.15) is 11.3 Å². The molecule has 0 spiro atoms. The molecule has 2 aromatic rings. The van der Waals surface area contributed by atoms with Crippen molar-refractivity contribution in [3.05, 3.63) is 53.7 Å². The summed E-state index contributed by atoms with van der Waals surface area (Å²) in [5.74, 6) is 1.01. The number of hydrogen-bond donors (Lipinski definition) is 1. The Labute approximate surface area is 99.3 Å². The molecule has 0 saturated heterocycles. The van der Waals surface area contributed by atoms with E-state index in [4.69, 9.17) is 15.7 Å². The van der Waals surface area contributed by atoms with Crippen LogP contribution in [0.15, 0.2) is 42.5 Å². The van der Waals surface area contributed by atoms with Gasteiger partial charge in [-0.2, -0.15) is 5.26 Å². The van der Waals surface area contributed by atoms with Crippen LogP contribution < -0.4 is 10.5 Å². The molecule has 0 fully saturated rings. The highest BCUT2D eigenvalue weighted by molar-refractivity contribution is 5.42. The Balaban J connectivity index is 2.10. The Morgan fingerprint density at radius 2 is 2.00 bits per heavy atom. The van der Waals surface area contributed by atoms with Gasteiger partial charge in [0.25, 0.3) is 0 Å². The van der Waals surface area contributed by atoms with Gasteiger partial charge in [-0.3, -0.25) is 0 Å². The van der Waals surface area contributed by atoms with E-state index in [1.807, 2.05) is 18.2 Å². The largest absolute Gasteiger partial charge is 0.486 e. The van der Waals surface area contributed by atoms with Crippen LogP contribution in [0, 0.1) is 11.3 Å². The van der Waals surface area contributed by atoms with Gasteiger partial charge >= 0.3 is 0 Å². The first-order valence-corrected chi connectivity index (χ1v) is 5.13. The van der Waals surface area contributed by atoms with Crippen molar-refractivity contribution in [1.29, 1.82) is 5.26 Å². The minimum Gasteiger partial charge on any atom is -0.486 e. The fourth-order valence-electron chi connectivity index (χ4n) is 1.42. The fraction of sp³-hybridized carbons (Fsp3) is 0.0769. The summed E-state index contributed by atoms with van der Waals surface area (Å²) < 4.78 is 5.53. The number of benzene rings is 1. The standard InChI is InChI=1S/C13H11N3O/c14-8-10-4-1-2-6-12(10)17-9-11-5-3-7-13(15)16-11/h1-7H,9H2,(H2,15,16). The Morgan fingerprint density at radius 1 is 1.18 bits per heavy atom. The Morgan fingerprint density at radius 3 is 2.76 bits per heavy atom. The molecule has 0 unspecified atom stereocenters. The van der Waals surface area contributed by atoms with Crippen LogP contribution in [-0.2, 0) is 6.61 Å². The molecule has 0 aliphatic rings. The zero-order valence-corrected chi connectivity index (χ0v) is 9.13. The number of nitrogens with two attached hydrogens (primary N) is 1. The van der Waals surface area contributed by atoms with E-state index in [2.05, 4.69) is 11.1 Å². The van der Waals surface area contributed by atoms with Gasteiger partial charge in [0, 0.05) is 0 Å². The van der Waals surface area contributed by atoms with Crippen LogP contribution in [0.5, 0.6) is 5.75 Å². The summed E-state index contributed by atoms with van der Waals surface area (Å²) in [7, 11) is 0. The number of nitriles is 1. The molecule has 4 nitrogen and oxygen atoms in total. The number of para-hydroxylation sites is 1. The second kappa shape index (κ2) is 4.99. The number of hydrogen-bond acceptors (Lipinski definition) is 4. The summed E-state index contributed by atoms with van der Waals surface area (Å²) in [5.41, 5.74) is 6.81. The van der Waals surface area contributed by atoms with E-state index in [9.17, 15) is 0 Å². The highest BCUT2D eigenvalue weighted by Gasteiger charge is 2.02. The number of ether oxygens (including phenoxy) is 1. The summed E-state index contributed by atoms with van der Waals surface area (Å²) in [6, 6.07) is 14.5. The summed E-state index contributed by atoms with van der Waals surface area (Å²) in [6.45, 7) is 0.295. The molecule has 17 heavy (non-hydrogen) atoms. The van der Waals surface area contributed by atoms with E-state index < -0.39 is 0 Å². The lowest BCUT2D eigenvalue weighted by Gasteiger charge is -2.07. The molecule has 0 amide bonds. The number of rotatable bonds is 3. The molecule has 84 valence electrons. The summed E-state index contributed by atoms with van der Waals surface area (Å²) in [4.78, 5) is 4.11. The lowest BCUT2D eigenvalue weighted by Crippen LogP contribution is -2.01. The van der Waals surface area contributed by atoms with Crippen LogP contribution in [0.4, 0.5) is 5.82 Å². The molecule has 1 heterocycles. The minimum absolute atomic E-state index is 0.295. The molecule has 2 N–H and O–H groups in total. The van der Waals surface area contributed by atoms with E-state index in [0.29, 0.717) is 23.7 Å². The maximum Gasteiger partial charge on any atom is 0.137 e. The van der Waals surface area contributed by atoms with Gasteiger partial charge in [-0.15, -0.1) is 0 Å². The highest BCUT2D eigenvalue weighted by Crippen LogP contribution is 2.17. The first-order chi connectivity index (χ1) is 8.29. The van der Waals surface area contributed by atoms with Crippen molar-refractivity contribution in [2.24, 2.45) is 0 Å². The average Bonchev–Trinajstić information content (AvgIpc) is 2.37. The Bertz CT molecular complexity index is 561. The average molecular weight is 225 g/mol. The maximum atomic E-state index is 8.89. The van der Waals surface area contributed by atoms with Gasteiger partial charge in [0.2, 0.25) is 0 Å². The van der Waals surface area contributed by atoms with Crippen LogP contribution in [0.2, 0.25) is 0 Å². The third-order valence-electron chi connectivity index (χ3n) is 2.21. The van der Waals surface area contributed by atoms with Gasteiger partial charge in [-0.05, 0) is 24.3 Å². The van der Waals surface area contributed by atoms with Crippen molar-refractivity contribution in [2.75, 3.05) is 5.73 Å². The van der Waals surface area contributed by atoms with Crippen LogP contribution in [-0.4, -0.2) is 4.98 Å². The summed E-state index contributed by atoms with van der Waals surface area (Å²) in [5, 5.41) is 8.89. The van der Waals surface area contributed by atoms with E-state index in [1.165, 1.54) is 0 Å². The molecule has 2 rings (SSSR count). The Kier molecular flexibility index (Phi) is 3.22. The van der Waals surface area contributed by atoms with Crippen molar-refractivity contribution in [3.63, 3.8) is 0 Å². The SMILES string of the molecule is N#Cc1ccccc1OCc1cccc(N)n1. The monoisotopic (exact) mass is 225 g/mol. The highest BCUT2D eigenvalue weighted by atomic mass is 16.5. The molecule has 1 aromatic heterocycles. The number of nitrogens with zero attached hydrogens (tertiary/aromatic N) is 2. The van der Waals surface area contributed by atoms with Crippen LogP contribution >= 0.6 is 0 Å².